The number of ketones is 1. The Kier molecular flexibility index (Phi) is 6.54. The molecule has 1 unspecified atom stereocenters. The standard InChI is InChI=1S/C19H25F2N3O5/c1-11-22-8-13(16(23-11)15(26)9-28-12(2)25)14-6-7-24(10-19(14,20)21)17(27)29-18(3,4)5/h8,14H,6-7,9-10H2,1-5H3. The third-order valence-electron chi connectivity index (χ3n) is 4.23. The molecule has 1 saturated heterocycles. The first-order valence-corrected chi connectivity index (χ1v) is 9.16. The number of halogens is 2. The molecule has 0 aromatic carbocycles. The van der Waals surface area contributed by atoms with Gasteiger partial charge in [-0.25, -0.2) is 23.5 Å². The average molecular weight is 413 g/mol. The Morgan fingerprint density at radius 2 is 1.97 bits per heavy atom. The van der Waals surface area contributed by atoms with Crippen LogP contribution in [-0.4, -0.2) is 63.9 Å². The van der Waals surface area contributed by atoms with E-state index < -0.39 is 48.4 Å². The quantitative estimate of drug-likeness (QED) is 0.553. The summed E-state index contributed by atoms with van der Waals surface area (Å²) < 4.78 is 39.8. The fourth-order valence-corrected chi connectivity index (χ4v) is 3.00. The maximum atomic E-state index is 15.0. The van der Waals surface area contributed by atoms with E-state index in [0.29, 0.717) is 0 Å². The van der Waals surface area contributed by atoms with Crippen molar-refractivity contribution < 1.29 is 32.6 Å². The van der Waals surface area contributed by atoms with E-state index in [1.165, 1.54) is 13.1 Å². The summed E-state index contributed by atoms with van der Waals surface area (Å²) in [5.41, 5.74) is -1.03. The Morgan fingerprint density at radius 3 is 2.52 bits per heavy atom. The first-order valence-electron chi connectivity index (χ1n) is 9.16. The van der Waals surface area contributed by atoms with E-state index >= 15 is 0 Å². The van der Waals surface area contributed by atoms with E-state index in [9.17, 15) is 23.2 Å². The van der Waals surface area contributed by atoms with Crippen LogP contribution in [0.1, 0.15) is 61.9 Å². The molecule has 0 bridgehead atoms. The Morgan fingerprint density at radius 1 is 1.31 bits per heavy atom. The highest BCUT2D eigenvalue weighted by molar-refractivity contribution is 5.97. The number of aromatic nitrogens is 2. The van der Waals surface area contributed by atoms with E-state index in [4.69, 9.17) is 4.74 Å². The zero-order chi connectivity index (χ0) is 22.0. The summed E-state index contributed by atoms with van der Waals surface area (Å²) in [5, 5.41) is 0. The van der Waals surface area contributed by atoms with E-state index in [2.05, 4.69) is 14.7 Å². The highest BCUT2D eigenvalue weighted by Crippen LogP contribution is 2.41. The largest absolute Gasteiger partial charge is 0.457 e. The molecule has 8 nitrogen and oxygen atoms in total. The lowest BCUT2D eigenvalue weighted by atomic mass is 9.85. The molecule has 1 aromatic heterocycles. The molecule has 10 heteroatoms. The average Bonchev–Trinajstić information content (AvgIpc) is 2.57. The summed E-state index contributed by atoms with van der Waals surface area (Å²) in [4.78, 5) is 44.4. The zero-order valence-electron chi connectivity index (χ0n) is 17.1. The molecule has 160 valence electrons. The van der Waals surface area contributed by atoms with Gasteiger partial charge in [0.2, 0.25) is 5.78 Å². The Hall–Kier alpha value is -2.65. The molecule has 1 atom stereocenters. The number of aryl methyl sites for hydroxylation is 1. The topological polar surface area (TPSA) is 98.7 Å². The molecule has 1 amide bonds. The van der Waals surface area contributed by atoms with Crippen LogP contribution in [0.15, 0.2) is 6.20 Å². The molecule has 1 aliphatic heterocycles. The lowest BCUT2D eigenvalue weighted by Crippen LogP contribution is -2.51. The van der Waals surface area contributed by atoms with Crippen molar-refractivity contribution in [2.24, 2.45) is 0 Å². The van der Waals surface area contributed by atoms with Crippen molar-refractivity contribution in [1.29, 1.82) is 0 Å². The number of alkyl halides is 2. The summed E-state index contributed by atoms with van der Waals surface area (Å²) in [5.74, 6) is -5.82. The van der Waals surface area contributed by atoms with Gasteiger partial charge in [0, 0.05) is 25.2 Å². The summed E-state index contributed by atoms with van der Waals surface area (Å²) in [7, 11) is 0. The first-order chi connectivity index (χ1) is 13.3. The van der Waals surface area contributed by atoms with Crippen molar-refractivity contribution in [3.63, 3.8) is 0 Å². The monoisotopic (exact) mass is 413 g/mol. The van der Waals surface area contributed by atoms with Gasteiger partial charge in [-0.1, -0.05) is 0 Å². The van der Waals surface area contributed by atoms with Gasteiger partial charge in [0.25, 0.3) is 5.92 Å². The molecule has 0 N–H and O–H groups in total. The molecular weight excluding hydrogens is 388 g/mol. The minimum Gasteiger partial charge on any atom is -0.457 e. The van der Waals surface area contributed by atoms with E-state index in [0.717, 1.165) is 11.8 Å². The molecule has 1 aromatic rings. The molecule has 1 aliphatic rings. The van der Waals surface area contributed by atoms with Crippen molar-refractivity contribution in [2.75, 3.05) is 19.7 Å². The normalized spacial score (nSPS) is 18.9. The number of amides is 1. The van der Waals surface area contributed by atoms with Gasteiger partial charge in [0.15, 0.2) is 6.61 Å². The fourth-order valence-electron chi connectivity index (χ4n) is 3.00. The van der Waals surface area contributed by atoms with E-state index in [1.54, 1.807) is 20.8 Å². The van der Waals surface area contributed by atoms with E-state index in [-0.39, 0.29) is 30.0 Å². The second kappa shape index (κ2) is 8.38. The van der Waals surface area contributed by atoms with Gasteiger partial charge in [-0.2, -0.15) is 0 Å². The molecule has 0 radical (unpaired) electrons. The van der Waals surface area contributed by atoms with Gasteiger partial charge in [0.05, 0.1) is 12.5 Å². The summed E-state index contributed by atoms with van der Waals surface area (Å²) in [6.45, 7) is 6.21. The molecule has 0 saturated carbocycles. The molecule has 1 fully saturated rings. The predicted octanol–water partition coefficient (Wildman–Crippen LogP) is 2.89. The SMILES string of the molecule is CC(=O)OCC(=O)c1nc(C)ncc1C1CCN(C(=O)OC(C)(C)C)CC1(F)F. The second-order valence-electron chi connectivity index (χ2n) is 7.93. The van der Waals surface area contributed by atoms with Crippen molar-refractivity contribution in [3.8, 4) is 0 Å². The molecule has 0 aliphatic carbocycles. The summed E-state index contributed by atoms with van der Waals surface area (Å²) in [6.07, 6.45) is 0.277. The number of hydrogen-bond donors (Lipinski definition) is 0. The van der Waals surface area contributed by atoms with Crippen LogP contribution >= 0.6 is 0 Å². The number of carbonyl (C=O) groups is 3. The van der Waals surface area contributed by atoms with Crippen LogP contribution in [0.4, 0.5) is 13.6 Å². The number of rotatable bonds is 4. The predicted molar refractivity (Wildman–Crippen MR) is 97.8 cm³/mol. The molecular formula is C19H25F2N3O5. The van der Waals surface area contributed by atoms with Crippen LogP contribution in [-0.2, 0) is 14.3 Å². The van der Waals surface area contributed by atoms with Gasteiger partial charge < -0.3 is 14.4 Å². The highest BCUT2D eigenvalue weighted by Gasteiger charge is 2.48. The van der Waals surface area contributed by atoms with Gasteiger partial charge in [-0.15, -0.1) is 0 Å². The Bertz CT molecular complexity index is 808. The second-order valence-corrected chi connectivity index (χ2v) is 7.93. The van der Waals surface area contributed by atoms with Crippen LogP contribution in [0.2, 0.25) is 0 Å². The summed E-state index contributed by atoms with van der Waals surface area (Å²) in [6, 6.07) is 0. The number of Topliss-reactive ketones (excluding diaryl/α,β-unsaturated/α-hetero) is 1. The third kappa shape index (κ3) is 5.91. The maximum absolute atomic E-state index is 15.0. The van der Waals surface area contributed by atoms with Crippen LogP contribution in [0.3, 0.4) is 0 Å². The lowest BCUT2D eigenvalue weighted by Gasteiger charge is -2.39. The molecule has 29 heavy (non-hydrogen) atoms. The molecule has 2 rings (SSSR count). The van der Waals surface area contributed by atoms with Crippen molar-refractivity contribution in [3.05, 3.63) is 23.3 Å². The van der Waals surface area contributed by atoms with Crippen LogP contribution in [0.25, 0.3) is 0 Å². The van der Waals surface area contributed by atoms with E-state index in [1.807, 2.05) is 0 Å². The lowest BCUT2D eigenvalue weighted by molar-refractivity contribution is -0.139. The number of carbonyl (C=O) groups excluding carboxylic acids is 3. The van der Waals surface area contributed by atoms with Gasteiger partial charge >= 0.3 is 12.1 Å². The van der Waals surface area contributed by atoms with Crippen molar-refractivity contribution in [1.82, 2.24) is 14.9 Å². The zero-order valence-corrected chi connectivity index (χ0v) is 17.1. The number of nitrogens with zero attached hydrogens (tertiary/aromatic N) is 3. The van der Waals surface area contributed by atoms with Crippen LogP contribution < -0.4 is 0 Å². The Labute approximate surface area is 167 Å². The first kappa shape index (κ1) is 22.6. The van der Waals surface area contributed by atoms with Gasteiger partial charge in [-0.3, -0.25) is 9.59 Å². The van der Waals surface area contributed by atoms with Crippen LogP contribution in [0, 0.1) is 6.92 Å². The Balaban J connectivity index is 2.26. The minimum absolute atomic E-state index is 0.0263. The number of ether oxygens (including phenoxy) is 2. The van der Waals surface area contributed by atoms with Gasteiger partial charge in [0.1, 0.15) is 17.1 Å². The van der Waals surface area contributed by atoms with Crippen molar-refractivity contribution >= 4 is 17.8 Å². The number of likely N-dealkylation sites (tertiary alicyclic amines) is 1. The third-order valence-corrected chi connectivity index (χ3v) is 4.23. The number of hydrogen-bond acceptors (Lipinski definition) is 7. The van der Waals surface area contributed by atoms with Crippen molar-refractivity contribution in [2.45, 2.75) is 58.5 Å². The highest BCUT2D eigenvalue weighted by atomic mass is 19.3. The van der Waals surface area contributed by atoms with Gasteiger partial charge in [-0.05, 0) is 34.1 Å². The summed E-state index contributed by atoms with van der Waals surface area (Å²) >= 11 is 0. The molecule has 0 spiro atoms. The minimum atomic E-state index is -3.33. The molecule has 2 heterocycles. The number of piperidine rings is 1. The number of esters is 1. The smallest absolute Gasteiger partial charge is 0.410 e. The maximum Gasteiger partial charge on any atom is 0.410 e. The fraction of sp³-hybridized carbons (Fsp3) is 0.632. The van der Waals surface area contributed by atoms with Crippen LogP contribution in [0.5, 0.6) is 0 Å².